The molecule has 0 atom stereocenters. The molecule has 0 aliphatic carbocycles. The Morgan fingerprint density at radius 1 is 1.20 bits per heavy atom. The highest BCUT2D eigenvalue weighted by Gasteiger charge is 2.32. The van der Waals surface area contributed by atoms with Gasteiger partial charge in [-0.3, -0.25) is 4.79 Å². The van der Waals surface area contributed by atoms with Crippen LogP contribution in [0.4, 0.5) is 13.2 Å². The summed E-state index contributed by atoms with van der Waals surface area (Å²) in [5.74, 6) is -0.450. The zero-order valence-electron chi connectivity index (χ0n) is 7.30. The minimum absolute atomic E-state index is 0.0268. The molecule has 0 unspecified atom stereocenters. The third-order valence-corrected chi connectivity index (χ3v) is 2.10. The molecule has 2 aromatic rings. The molecule has 78 valence electrons. The van der Waals surface area contributed by atoms with Crippen LogP contribution in [0, 0.1) is 0 Å². The maximum atomic E-state index is 12.3. The van der Waals surface area contributed by atoms with Gasteiger partial charge in [0.15, 0.2) is 5.75 Å². The third kappa shape index (κ3) is 1.60. The molecule has 0 fully saturated rings. The lowest BCUT2D eigenvalue weighted by Gasteiger charge is -2.06. The Labute approximate surface area is 82.3 Å². The predicted octanol–water partition coefficient (Wildman–Crippen LogP) is 2.31. The van der Waals surface area contributed by atoms with Gasteiger partial charge in [-0.05, 0) is 17.7 Å². The first-order valence-electron chi connectivity index (χ1n) is 4.07. The second-order valence-electron chi connectivity index (χ2n) is 3.13. The fraction of sp³-hybridized carbons (Fsp3) is 0.100. The maximum Gasteiger partial charge on any atom is 0.416 e. The van der Waals surface area contributed by atoms with Gasteiger partial charge in [-0.25, -0.2) is 0 Å². The first kappa shape index (κ1) is 9.76. The molecule has 1 N–H and O–H groups in total. The number of halogens is 3. The van der Waals surface area contributed by atoms with E-state index in [4.69, 9.17) is 5.11 Å². The Morgan fingerprint density at radius 2 is 1.80 bits per heavy atom. The smallest absolute Gasteiger partial charge is 0.416 e. The van der Waals surface area contributed by atoms with Crippen LogP contribution in [0.1, 0.15) is 5.56 Å². The first-order chi connectivity index (χ1) is 6.91. The summed E-state index contributed by atoms with van der Waals surface area (Å²) in [5.41, 5.74) is -1.34. The normalized spacial score (nSPS) is 12.2. The first-order valence-corrected chi connectivity index (χ1v) is 4.07. The van der Waals surface area contributed by atoms with Crippen molar-refractivity contribution in [2.75, 3.05) is 0 Å². The minimum atomic E-state index is -4.44. The summed E-state index contributed by atoms with van der Waals surface area (Å²) >= 11 is 0. The molecule has 2 nitrogen and oxygen atoms in total. The molecule has 5 heteroatoms. The molecule has 0 spiro atoms. The molecule has 0 saturated carbocycles. The van der Waals surface area contributed by atoms with Gasteiger partial charge in [-0.15, -0.1) is 0 Å². The summed E-state index contributed by atoms with van der Waals surface area (Å²) in [7, 11) is 0. The quantitative estimate of drug-likeness (QED) is 0.790. The highest BCUT2D eigenvalue weighted by Crippen LogP contribution is 2.35. The second-order valence-corrected chi connectivity index (χ2v) is 3.13. The van der Waals surface area contributed by atoms with Gasteiger partial charge in [-0.1, -0.05) is 12.1 Å². The van der Waals surface area contributed by atoms with E-state index in [1.165, 1.54) is 12.1 Å². The molecular formula is C10H5F3O2. The van der Waals surface area contributed by atoms with E-state index in [0.717, 1.165) is 12.1 Å². The average Bonchev–Trinajstić information content (AvgIpc) is 2.74. The van der Waals surface area contributed by atoms with E-state index in [9.17, 15) is 18.0 Å². The molecule has 0 radical (unpaired) electrons. The zero-order valence-corrected chi connectivity index (χ0v) is 7.30. The summed E-state index contributed by atoms with van der Waals surface area (Å²) < 4.78 is 36.8. The molecule has 2 aromatic carbocycles. The van der Waals surface area contributed by atoms with Crippen molar-refractivity contribution < 1.29 is 18.3 Å². The van der Waals surface area contributed by atoms with Gasteiger partial charge in [0.2, 0.25) is 5.43 Å². The molecular weight excluding hydrogens is 209 g/mol. The van der Waals surface area contributed by atoms with E-state index < -0.39 is 22.9 Å². The Kier molecular flexibility index (Phi) is 1.86. The van der Waals surface area contributed by atoms with Crippen LogP contribution in [0.5, 0.6) is 5.75 Å². The van der Waals surface area contributed by atoms with Crippen LogP contribution in [-0.4, -0.2) is 5.11 Å². The topological polar surface area (TPSA) is 37.3 Å². The summed E-state index contributed by atoms with van der Waals surface area (Å²) in [6.45, 7) is 0. The molecule has 0 amide bonds. The van der Waals surface area contributed by atoms with Gasteiger partial charge >= 0.3 is 6.18 Å². The van der Waals surface area contributed by atoms with Gasteiger partial charge in [0.1, 0.15) is 0 Å². The highest BCUT2D eigenvalue weighted by atomic mass is 19.4. The molecule has 0 aliphatic heterocycles. The monoisotopic (exact) mass is 214 g/mol. The van der Waals surface area contributed by atoms with E-state index in [1.54, 1.807) is 0 Å². The van der Waals surface area contributed by atoms with Crippen LogP contribution in [0.25, 0.3) is 11.1 Å². The molecule has 0 heterocycles. The Hall–Kier alpha value is -1.78. The van der Waals surface area contributed by atoms with Gasteiger partial charge in [0, 0.05) is 0 Å². The second kappa shape index (κ2) is 2.85. The van der Waals surface area contributed by atoms with Gasteiger partial charge in [-0.2, -0.15) is 13.2 Å². The third-order valence-electron chi connectivity index (χ3n) is 2.10. The van der Waals surface area contributed by atoms with Crippen molar-refractivity contribution in [1.29, 1.82) is 0 Å². The summed E-state index contributed by atoms with van der Waals surface area (Å²) in [4.78, 5) is 10.8. The van der Waals surface area contributed by atoms with Crippen LogP contribution in [0.2, 0.25) is 0 Å². The molecule has 0 aliphatic rings. The van der Waals surface area contributed by atoms with Gasteiger partial charge in [0.05, 0.1) is 11.1 Å². The van der Waals surface area contributed by atoms with E-state index in [0.29, 0.717) is 0 Å². The highest BCUT2D eigenvalue weighted by molar-refractivity contribution is 5.80. The Balaban J connectivity index is 2.45. The van der Waals surface area contributed by atoms with E-state index >= 15 is 0 Å². The molecule has 0 aromatic heterocycles. The maximum absolute atomic E-state index is 12.3. The molecule has 15 heavy (non-hydrogen) atoms. The van der Waals surface area contributed by atoms with Crippen molar-refractivity contribution in [2.24, 2.45) is 0 Å². The molecule has 0 saturated heterocycles. The van der Waals surface area contributed by atoms with E-state index in [2.05, 4.69) is 0 Å². The standard InChI is InChI=1S/C10H5F3O2/c11-10(12,13)6-3-1-2-5(4-6)7-8(14)9(7)15/h1-4,14H. The Bertz CT molecular complexity index is 519. The van der Waals surface area contributed by atoms with Crippen molar-refractivity contribution in [1.82, 2.24) is 0 Å². The van der Waals surface area contributed by atoms with Crippen molar-refractivity contribution in [2.45, 2.75) is 6.18 Å². The lowest BCUT2D eigenvalue weighted by Crippen LogP contribution is -2.04. The zero-order chi connectivity index (χ0) is 11.2. The lowest BCUT2D eigenvalue weighted by molar-refractivity contribution is -0.137. The van der Waals surface area contributed by atoms with Crippen LogP contribution in [0.3, 0.4) is 0 Å². The van der Waals surface area contributed by atoms with E-state index in [1.807, 2.05) is 0 Å². The average molecular weight is 214 g/mol. The summed E-state index contributed by atoms with van der Waals surface area (Å²) in [6.07, 6.45) is -4.44. The SMILES string of the molecule is O=c1c(O)c1-c1cccc(C(F)(F)F)c1. The molecule has 2 rings (SSSR count). The number of benzene rings is 1. The van der Waals surface area contributed by atoms with E-state index in [-0.39, 0.29) is 11.1 Å². The van der Waals surface area contributed by atoms with Crippen molar-refractivity contribution in [3.05, 3.63) is 40.1 Å². The largest absolute Gasteiger partial charge is 0.504 e. The number of rotatable bonds is 1. The van der Waals surface area contributed by atoms with Crippen molar-refractivity contribution >= 4 is 0 Å². The number of hydrogen-bond acceptors (Lipinski definition) is 2. The van der Waals surface area contributed by atoms with Crippen molar-refractivity contribution in [3.8, 4) is 16.9 Å². The van der Waals surface area contributed by atoms with Gasteiger partial charge < -0.3 is 5.11 Å². The van der Waals surface area contributed by atoms with Crippen LogP contribution in [0.15, 0.2) is 29.1 Å². The fourth-order valence-electron chi connectivity index (χ4n) is 1.28. The minimum Gasteiger partial charge on any atom is -0.504 e. The number of alkyl halides is 3. The predicted molar refractivity (Wildman–Crippen MR) is 47.2 cm³/mol. The van der Waals surface area contributed by atoms with Crippen LogP contribution >= 0.6 is 0 Å². The lowest BCUT2D eigenvalue weighted by atomic mass is 10.1. The van der Waals surface area contributed by atoms with Gasteiger partial charge in [0.25, 0.3) is 0 Å². The van der Waals surface area contributed by atoms with Crippen LogP contribution in [-0.2, 0) is 6.18 Å². The summed E-state index contributed by atoms with van der Waals surface area (Å²) in [6, 6.07) is 4.31. The number of aromatic hydroxyl groups is 1. The fourth-order valence-corrected chi connectivity index (χ4v) is 1.28. The van der Waals surface area contributed by atoms with Crippen molar-refractivity contribution in [3.63, 3.8) is 0 Å². The van der Waals surface area contributed by atoms with Crippen LogP contribution < -0.4 is 5.43 Å². The Morgan fingerprint density at radius 3 is 2.27 bits per heavy atom. The summed E-state index contributed by atoms with van der Waals surface area (Å²) in [5, 5.41) is 8.89. The molecule has 0 bridgehead atoms. The number of hydrogen-bond donors (Lipinski definition) is 1.